The molecule has 1 heterocycles. The second-order valence-corrected chi connectivity index (χ2v) is 5.91. The lowest BCUT2D eigenvalue weighted by Crippen LogP contribution is -2.32. The summed E-state index contributed by atoms with van der Waals surface area (Å²) in [5.41, 5.74) is 1.02. The van der Waals surface area contributed by atoms with Crippen LogP contribution in [-0.4, -0.2) is 23.1 Å². The maximum Gasteiger partial charge on any atom is 0.139 e. The van der Waals surface area contributed by atoms with Gasteiger partial charge in [-0.25, -0.2) is 9.97 Å². The molecule has 0 bridgehead atoms. The molecule has 0 spiro atoms. The number of aromatic nitrogens is 2. The summed E-state index contributed by atoms with van der Waals surface area (Å²) in [4.78, 5) is 11.3. The number of anilines is 1. The Bertz CT molecular complexity index is 525. The minimum absolute atomic E-state index is 0. The molecule has 0 radical (unpaired) electrons. The average Bonchev–Trinajstić information content (AvgIpc) is 2.36. The smallest absolute Gasteiger partial charge is 0.139 e. The van der Waals surface area contributed by atoms with Crippen molar-refractivity contribution in [1.29, 1.82) is 0 Å². The Morgan fingerprint density at radius 3 is 2.15 bits per heavy atom. The molecule has 2 aromatic rings. The van der Waals surface area contributed by atoms with E-state index < -0.39 is 0 Å². The highest BCUT2D eigenvalue weighted by Gasteiger charge is 2.14. The molecule has 110 valence electrons. The van der Waals surface area contributed by atoms with Crippen LogP contribution < -0.4 is 4.90 Å². The summed E-state index contributed by atoms with van der Waals surface area (Å²) >= 11 is 0. The molecule has 0 unspecified atom stereocenters. The fraction of sp³-hybridized carbons (Fsp3) is 0.500. The fourth-order valence-corrected chi connectivity index (χ4v) is 2.37. The molecule has 0 fully saturated rings. The second kappa shape index (κ2) is 7.44. The summed E-state index contributed by atoms with van der Waals surface area (Å²) in [5.74, 6) is 2.30. The number of benzene rings is 1. The molecule has 0 N–H and O–H groups in total. The van der Waals surface area contributed by atoms with Crippen molar-refractivity contribution in [1.82, 2.24) is 9.97 Å². The molecule has 1 aromatic carbocycles. The Morgan fingerprint density at radius 2 is 1.55 bits per heavy atom. The number of hydrogen-bond acceptors (Lipinski definition) is 3. The van der Waals surface area contributed by atoms with Crippen LogP contribution in [0.1, 0.15) is 27.7 Å². The van der Waals surface area contributed by atoms with Gasteiger partial charge in [0.1, 0.15) is 12.1 Å². The predicted octanol–water partition coefficient (Wildman–Crippen LogP) is 4.17. The Kier molecular flexibility index (Phi) is 6.21. The second-order valence-electron chi connectivity index (χ2n) is 5.91. The lowest BCUT2D eigenvalue weighted by molar-refractivity contribution is 0.550. The minimum Gasteiger partial charge on any atom is -0.355 e. The molecule has 1 aromatic heterocycles. The number of fused-ring (bicyclic) bond motifs is 1. The third-order valence-electron chi connectivity index (χ3n) is 2.99. The molecule has 4 heteroatoms. The molecule has 0 aliphatic heterocycles. The highest BCUT2D eigenvalue weighted by Crippen LogP contribution is 2.24. The molecule has 0 saturated heterocycles. The maximum absolute atomic E-state index is 4.53. The van der Waals surface area contributed by atoms with Crippen LogP contribution in [0.15, 0.2) is 30.6 Å². The molecule has 0 saturated carbocycles. The zero-order valence-corrected chi connectivity index (χ0v) is 13.5. The summed E-state index contributed by atoms with van der Waals surface area (Å²) in [6.45, 7) is 11.0. The van der Waals surface area contributed by atoms with Crippen molar-refractivity contribution in [3.8, 4) is 0 Å². The number of hydrogen-bond donors (Lipinski definition) is 0. The third-order valence-corrected chi connectivity index (χ3v) is 2.99. The van der Waals surface area contributed by atoms with Gasteiger partial charge >= 0.3 is 0 Å². The lowest BCUT2D eigenvalue weighted by atomic mass is 10.1. The maximum atomic E-state index is 4.53. The third kappa shape index (κ3) is 4.07. The van der Waals surface area contributed by atoms with Gasteiger partial charge < -0.3 is 4.90 Å². The summed E-state index contributed by atoms with van der Waals surface area (Å²) in [5, 5.41) is 1.14. The average molecular weight is 294 g/mol. The molecule has 0 atom stereocenters. The van der Waals surface area contributed by atoms with Crippen molar-refractivity contribution in [3.05, 3.63) is 30.6 Å². The van der Waals surface area contributed by atoms with Gasteiger partial charge in [-0.1, -0.05) is 39.8 Å². The van der Waals surface area contributed by atoms with Gasteiger partial charge in [-0.2, -0.15) is 0 Å². The summed E-state index contributed by atoms with van der Waals surface area (Å²) in [6.07, 6.45) is 1.67. The Hall–Kier alpha value is -1.35. The van der Waals surface area contributed by atoms with Gasteiger partial charge in [0.05, 0.1) is 5.52 Å². The number of rotatable bonds is 5. The standard InChI is InChI=1S/C16H23N3.ClH/c1-12(2)9-19(10-13(3)4)16-14-7-5-6-8-15(14)17-11-18-16;/h5-8,11-13H,9-10H2,1-4H3;1H. The predicted molar refractivity (Wildman–Crippen MR) is 88.7 cm³/mol. The van der Waals surface area contributed by atoms with E-state index in [0.717, 1.165) is 29.8 Å². The minimum atomic E-state index is 0. The van der Waals surface area contributed by atoms with E-state index in [1.54, 1.807) is 6.33 Å². The molecule has 0 aliphatic carbocycles. The largest absolute Gasteiger partial charge is 0.355 e. The van der Waals surface area contributed by atoms with Crippen LogP contribution in [0.4, 0.5) is 5.82 Å². The summed E-state index contributed by atoms with van der Waals surface area (Å²) in [7, 11) is 0. The highest BCUT2D eigenvalue weighted by molar-refractivity contribution is 5.89. The van der Waals surface area contributed by atoms with E-state index in [4.69, 9.17) is 0 Å². The van der Waals surface area contributed by atoms with Crippen LogP contribution in [0.3, 0.4) is 0 Å². The van der Waals surface area contributed by atoms with Crippen LogP contribution in [0.5, 0.6) is 0 Å². The lowest BCUT2D eigenvalue weighted by Gasteiger charge is -2.28. The number of nitrogens with zero attached hydrogens (tertiary/aromatic N) is 3. The molecule has 20 heavy (non-hydrogen) atoms. The molecule has 0 amide bonds. The Morgan fingerprint density at radius 1 is 0.950 bits per heavy atom. The molecule has 2 rings (SSSR count). The van der Waals surface area contributed by atoms with E-state index in [9.17, 15) is 0 Å². The van der Waals surface area contributed by atoms with E-state index in [1.807, 2.05) is 12.1 Å². The van der Waals surface area contributed by atoms with Crippen LogP contribution in [0.25, 0.3) is 10.9 Å². The van der Waals surface area contributed by atoms with Crippen molar-refractivity contribution >= 4 is 29.1 Å². The zero-order chi connectivity index (χ0) is 13.8. The first kappa shape index (κ1) is 16.7. The number of para-hydroxylation sites is 1. The van der Waals surface area contributed by atoms with Crippen LogP contribution in [-0.2, 0) is 0 Å². The van der Waals surface area contributed by atoms with Gasteiger partial charge in [0, 0.05) is 18.5 Å². The SMILES string of the molecule is CC(C)CN(CC(C)C)c1ncnc2ccccc12.Cl. The molecular weight excluding hydrogens is 270 g/mol. The topological polar surface area (TPSA) is 29.0 Å². The first-order valence-corrected chi connectivity index (χ1v) is 7.02. The monoisotopic (exact) mass is 293 g/mol. The Balaban J connectivity index is 0.00000200. The number of halogens is 1. The quantitative estimate of drug-likeness (QED) is 0.828. The zero-order valence-electron chi connectivity index (χ0n) is 12.7. The van der Waals surface area contributed by atoms with Crippen molar-refractivity contribution in [2.24, 2.45) is 11.8 Å². The fourth-order valence-electron chi connectivity index (χ4n) is 2.37. The van der Waals surface area contributed by atoms with E-state index in [2.05, 4.69) is 54.7 Å². The van der Waals surface area contributed by atoms with Crippen molar-refractivity contribution in [3.63, 3.8) is 0 Å². The van der Waals surface area contributed by atoms with E-state index in [-0.39, 0.29) is 12.4 Å². The van der Waals surface area contributed by atoms with Gasteiger partial charge in [0.25, 0.3) is 0 Å². The molecule has 3 nitrogen and oxygen atoms in total. The summed E-state index contributed by atoms with van der Waals surface area (Å²) < 4.78 is 0. The summed E-state index contributed by atoms with van der Waals surface area (Å²) in [6, 6.07) is 8.23. The van der Waals surface area contributed by atoms with Crippen molar-refractivity contribution in [2.75, 3.05) is 18.0 Å². The van der Waals surface area contributed by atoms with Crippen LogP contribution in [0.2, 0.25) is 0 Å². The van der Waals surface area contributed by atoms with Crippen LogP contribution >= 0.6 is 12.4 Å². The van der Waals surface area contributed by atoms with Gasteiger partial charge in [-0.3, -0.25) is 0 Å². The van der Waals surface area contributed by atoms with E-state index in [1.165, 1.54) is 0 Å². The van der Waals surface area contributed by atoms with Crippen LogP contribution in [0, 0.1) is 11.8 Å². The first-order valence-electron chi connectivity index (χ1n) is 7.02. The van der Waals surface area contributed by atoms with Gasteiger partial charge in [-0.05, 0) is 24.0 Å². The first-order chi connectivity index (χ1) is 9.08. The normalized spacial score (nSPS) is 10.9. The van der Waals surface area contributed by atoms with E-state index in [0.29, 0.717) is 11.8 Å². The highest BCUT2D eigenvalue weighted by atomic mass is 35.5. The van der Waals surface area contributed by atoms with Gasteiger partial charge in [-0.15, -0.1) is 12.4 Å². The molecular formula is C16H24ClN3. The Labute approximate surface area is 127 Å². The molecule has 0 aliphatic rings. The van der Waals surface area contributed by atoms with Gasteiger partial charge in [0.2, 0.25) is 0 Å². The van der Waals surface area contributed by atoms with Crippen molar-refractivity contribution < 1.29 is 0 Å². The van der Waals surface area contributed by atoms with E-state index >= 15 is 0 Å². The van der Waals surface area contributed by atoms with Crippen molar-refractivity contribution in [2.45, 2.75) is 27.7 Å². The van der Waals surface area contributed by atoms with Gasteiger partial charge in [0.15, 0.2) is 0 Å².